The Morgan fingerprint density at radius 3 is 2.74 bits per heavy atom. The number of amides is 1. The van der Waals surface area contributed by atoms with Crippen molar-refractivity contribution >= 4 is 17.5 Å². The molecule has 0 aromatic heterocycles. The van der Waals surface area contributed by atoms with Crippen LogP contribution < -0.4 is 15.8 Å². The number of benzene rings is 1. The third kappa shape index (κ3) is 4.40. The zero-order valence-electron chi connectivity index (χ0n) is 11.6. The lowest BCUT2D eigenvalue weighted by Crippen LogP contribution is -2.44. The number of nitrogens with one attached hydrogen (secondary N) is 1. The molecule has 1 aromatic carbocycles. The molecule has 0 saturated carbocycles. The molecule has 2 unspecified atom stereocenters. The van der Waals surface area contributed by atoms with Gasteiger partial charge in [0, 0.05) is 6.54 Å². The number of rotatable bonds is 6. The van der Waals surface area contributed by atoms with E-state index in [9.17, 15) is 4.79 Å². The van der Waals surface area contributed by atoms with Gasteiger partial charge in [0.1, 0.15) is 5.75 Å². The first-order valence-corrected chi connectivity index (χ1v) is 6.73. The van der Waals surface area contributed by atoms with Crippen LogP contribution in [-0.4, -0.2) is 19.1 Å². The maximum atomic E-state index is 11.8. The highest BCUT2D eigenvalue weighted by atomic mass is 35.5. The molecule has 0 aliphatic heterocycles. The van der Waals surface area contributed by atoms with E-state index in [1.54, 1.807) is 19.2 Å². The van der Waals surface area contributed by atoms with E-state index in [0.717, 1.165) is 12.0 Å². The van der Waals surface area contributed by atoms with Crippen molar-refractivity contribution < 1.29 is 9.53 Å². The first-order valence-electron chi connectivity index (χ1n) is 6.35. The van der Waals surface area contributed by atoms with Gasteiger partial charge in [0.15, 0.2) is 0 Å². The molecule has 3 N–H and O–H groups in total. The lowest BCUT2D eigenvalue weighted by atomic mass is 9.99. The third-order valence-corrected chi connectivity index (χ3v) is 3.54. The fourth-order valence-electron chi connectivity index (χ4n) is 1.64. The number of methoxy groups -OCH3 is 1. The lowest BCUT2D eigenvalue weighted by molar-refractivity contribution is -0.123. The van der Waals surface area contributed by atoms with E-state index in [-0.39, 0.29) is 11.8 Å². The monoisotopic (exact) mass is 284 g/mol. The number of ether oxygens (including phenoxy) is 1. The Hall–Kier alpha value is -1.26. The molecule has 0 spiro atoms. The largest absolute Gasteiger partial charge is 0.495 e. The van der Waals surface area contributed by atoms with Crippen LogP contribution in [0.15, 0.2) is 18.2 Å². The van der Waals surface area contributed by atoms with Gasteiger partial charge < -0.3 is 15.8 Å². The summed E-state index contributed by atoms with van der Waals surface area (Å²) in [7, 11) is 1.56. The molecule has 2 atom stereocenters. The van der Waals surface area contributed by atoms with Crippen LogP contribution in [0.1, 0.15) is 25.8 Å². The Bertz CT molecular complexity index is 437. The molecule has 0 heterocycles. The summed E-state index contributed by atoms with van der Waals surface area (Å²) in [6, 6.07) is 4.94. The van der Waals surface area contributed by atoms with Crippen LogP contribution in [0.5, 0.6) is 5.75 Å². The summed E-state index contributed by atoms with van der Waals surface area (Å²) in [5, 5.41) is 3.34. The Morgan fingerprint density at radius 2 is 2.21 bits per heavy atom. The molecular formula is C14H21ClN2O2. The second-order valence-electron chi connectivity index (χ2n) is 4.60. The summed E-state index contributed by atoms with van der Waals surface area (Å²) >= 11 is 6.02. The van der Waals surface area contributed by atoms with Gasteiger partial charge in [-0.2, -0.15) is 0 Å². The molecule has 5 heteroatoms. The Kier molecular flexibility index (Phi) is 6.12. The normalized spacial score (nSPS) is 13.7. The van der Waals surface area contributed by atoms with E-state index >= 15 is 0 Å². The van der Waals surface area contributed by atoms with Crippen LogP contribution in [-0.2, 0) is 11.3 Å². The molecule has 1 amide bonds. The lowest BCUT2D eigenvalue weighted by Gasteiger charge is -2.17. The molecule has 106 valence electrons. The van der Waals surface area contributed by atoms with Gasteiger partial charge in [-0.05, 0) is 23.6 Å². The topological polar surface area (TPSA) is 64.4 Å². The van der Waals surface area contributed by atoms with Gasteiger partial charge in [-0.3, -0.25) is 4.79 Å². The van der Waals surface area contributed by atoms with Crippen LogP contribution in [0, 0.1) is 5.92 Å². The SMILES string of the molecule is CCC(C)C(N)C(=O)NCc1ccc(OC)c(Cl)c1. The molecule has 0 bridgehead atoms. The molecule has 0 saturated heterocycles. The maximum Gasteiger partial charge on any atom is 0.237 e. The standard InChI is InChI=1S/C14H21ClN2O2/c1-4-9(2)13(16)14(18)17-8-10-5-6-12(19-3)11(15)7-10/h5-7,9,13H,4,8,16H2,1-3H3,(H,17,18). The Balaban J connectivity index is 2.57. The molecule has 19 heavy (non-hydrogen) atoms. The molecule has 0 aliphatic rings. The van der Waals surface area contributed by atoms with E-state index in [2.05, 4.69) is 5.32 Å². The second kappa shape index (κ2) is 7.36. The van der Waals surface area contributed by atoms with Crippen molar-refractivity contribution in [2.45, 2.75) is 32.9 Å². The van der Waals surface area contributed by atoms with Gasteiger partial charge in [0.05, 0.1) is 18.2 Å². The molecule has 4 nitrogen and oxygen atoms in total. The third-order valence-electron chi connectivity index (χ3n) is 3.24. The number of hydrogen-bond acceptors (Lipinski definition) is 3. The fraction of sp³-hybridized carbons (Fsp3) is 0.500. The van der Waals surface area contributed by atoms with E-state index < -0.39 is 6.04 Å². The van der Waals surface area contributed by atoms with Crippen molar-refractivity contribution in [2.75, 3.05) is 7.11 Å². The van der Waals surface area contributed by atoms with Gasteiger partial charge in [-0.1, -0.05) is 37.9 Å². The molecule has 1 aromatic rings. The van der Waals surface area contributed by atoms with Crippen molar-refractivity contribution in [1.82, 2.24) is 5.32 Å². The first-order chi connectivity index (χ1) is 8.99. The average molecular weight is 285 g/mol. The van der Waals surface area contributed by atoms with Crippen LogP contribution in [0.2, 0.25) is 5.02 Å². The van der Waals surface area contributed by atoms with Gasteiger partial charge in [-0.15, -0.1) is 0 Å². The predicted octanol–water partition coefficient (Wildman–Crippen LogP) is 2.34. The molecule has 0 aliphatic carbocycles. The van der Waals surface area contributed by atoms with E-state index in [1.165, 1.54) is 0 Å². The number of halogens is 1. The molecular weight excluding hydrogens is 264 g/mol. The molecule has 0 fully saturated rings. The highest BCUT2D eigenvalue weighted by molar-refractivity contribution is 6.32. The van der Waals surface area contributed by atoms with E-state index in [4.69, 9.17) is 22.1 Å². The smallest absolute Gasteiger partial charge is 0.237 e. The van der Waals surface area contributed by atoms with Gasteiger partial charge in [-0.25, -0.2) is 0 Å². The summed E-state index contributed by atoms with van der Waals surface area (Å²) in [6.45, 7) is 4.39. The maximum absolute atomic E-state index is 11.8. The van der Waals surface area contributed by atoms with Gasteiger partial charge in [0.2, 0.25) is 5.91 Å². The zero-order chi connectivity index (χ0) is 14.4. The number of nitrogens with two attached hydrogens (primary N) is 1. The Labute approximate surface area is 119 Å². The van der Waals surface area contributed by atoms with Crippen molar-refractivity contribution in [1.29, 1.82) is 0 Å². The minimum Gasteiger partial charge on any atom is -0.495 e. The van der Waals surface area contributed by atoms with Gasteiger partial charge >= 0.3 is 0 Å². The predicted molar refractivity (Wildman–Crippen MR) is 77.3 cm³/mol. The van der Waals surface area contributed by atoms with E-state index in [1.807, 2.05) is 19.9 Å². The number of hydrogen-bond donors (Lipinski definition) is 2. The van der Waals surface area contributed by atoms with Gasteiger partial charge in [0.25, 0.3) is 0 Å². The number of carbonyl (C=O) groups is 1. The van der Waals surface area contributed by atoms with Crippen LogP contribution in [0.3, 0.4) is 0 Å². The van der Waals surface area contributed by atoms with Crippen LogP contribution >= 0.6 is 11.6 Å². The number of carbonyl (C=O) groups excluding carboxylic acids is 1. The van der Waals surface area contributed by atoms with Crippen molar-refractivity contribution in [3.8, 4) is 5.75 Å². The molecule has 0 radical (unpaired) electrons. The quantitative estimate of drug-likeness (QED) is 0.843. The summed E-state index contributed by atoms with van der Waals surface area (Å²) in [5.74, 6) is 0.647. The summed E-state index contributed by atoms with van der Waals surface area (Å²) in [4.78, 5) is 11.8. The summed E-state index contributed by atoms with van der Waals surface area (Å²) in [6.07, 6.45) is 0.878. The first kappa shape index (κ1) is 15.8. The minimum absolute atomic E-state index is 0.138. The van der Waals surface area contributed by atoms with Crippen molar-refractivity contribution in [2.24, 2.45) is 11.7 Å². The second-order valence-corrected chi connectivity index (χ2v) is 5.01. The van der Waals surface area contributed by atoms with Crippen molar-refractivity contribution in [3.05, 3.63) is 28.8 Å². The highest BCUT2D eigenvalue weighted by Gasteiger charge is 2.18. The summed E-state index contributed by atoms with van der Waals surface area (Å²) < 4.78 is 5.07. The molecule has 1 rings (SSSR count). The Morgan fingerprint density at radius 1 is 1.53 bits per heavy atom. The summed E-state index contributed by atoms with van der Waals surface area (Å²) in [5.41, 5.74) is 6.77. The van der Waals surface area contributed by atoms with Crippen molar-refractivity contribution in [3.63, 3.8) is 0 Å². The zero-order valence-corrected chi connectivity index (χ0v) is 12.3. The average Bonchev–Trinajstić information content (AvgIpc) is 2.43. The van der Waals surface area contributed by atoms with E-state index in [0.29, 0.717) is 17.3 Å². The minimum atomic E-state index is -0.473. The van der Waals surface area contributed by atoms with Crippen LogP contribution in [0.4, 0.5) is 0 Å². The van der Waals surface area contributed by atoms with Crippen LogP contribution in [0.25, 0.3) is 0 Å². The fourth-order valence-corrected chi connectivity index (χ4v) is 1.92. The highest BCUT2D eigenvalue weighted by Crippen LogP contribution is 2.24.